The Kier molecular flexibility index (Phi) is 8.81. The van der Waals surface area contributed by atoms with Crippen LogP contribution in [-0.2, 0) is 9.53 Å². The van der Waals surface area contributed by atoms with E-state index in [0.717, 1.165) is 5.56 Å². The Labute approximate surface area is 132 Å². The van der Waals surface area contributed by atoms with Gasteiger partial charge in [0.25, 0.3) is 0 Å². The smallest absolute Gasteiger partial charge is 0.307 e. The van der Waals surface area contributed by atoms with Crippen LogP contribution in [0.2, 0.25) is 0 Å². The van der Waals surface area contributed by atoms with Crippen LogP contribution in [-0.4, -0.2) is 25.8 Å². The number of nitrogens with two attached hydrogens (primary N) is 1. The minimum Gasteiger partial charge on any atom is -0.493 e. The Balaban J connectivity index is 0.00000400. The summed E-state index contributed by atoms with van der Waals surface area (Å²) in [4.78, 5) is 11.4. The molecule has 0 spiro atoms. The van der Waals surface area contributed by atoms with Gasteiger partial charge in [0.1, 0.15) is 0 Å². The van der Waals surface area contributed by atoms with Gasteiger partial charge >= 0.3 is 5.97 Å². The third-order valence-electron chi connectivity index (χ3n) is 2.67. The highest BCUT2D eigenvalue weighted by molar-refractivity contribution is 5.85. The summed E-state index contributed by atoms with van der Waals surface area (Å²) in [6.45, 7) is 6.01. The average molecular weight is 318 g/mol. The molecule has 0 aliphatic rings. The summed E-state index contributed by atoms with van der Waals surface area (Å²) in [5.41, 5.74) is 6.82. The Morgan fingerprint density at radius 1 is 1.29 bits per heavy atom. The lowest BCUT2D eigenvalue weighted by Crippen LogP contribution is -2.17. The summed E-state index contributed by atoms with van der Waals surface area (Å²) >= 11 is 0. The van der Waals surface area contributed by atoms with Gasteiger partial charge in [0, 0.05) is 6.04 Å². The van der Waals surface area contributed by atoms with Crippen LogP contribution in [0.4, 0.5) is 0 Å². The molecule has 0 aliphatic heterocycles. The molecule has 0 heterocycles. The van der Waals surface area contributed by atoms with Crippen LogP contribution in [0, 0.1) is 0 Å². The topological polar surface area (TPSA) is 70.8 Å². The maximum atomic E-state index is 11.4. The molecule has 1 rings (SSSR count). The molecular weight excluding hydrogens is 294 g/mol. The minimum absolute atomic E-state index is 0. The molecular formula is C15H24ClNO4. The molecule has 0 amide bonds. The first-order chi connectivity index (χ1) is 9.47. The third-order valence-corrected chi connectivity index (χ3v) is 2.67. The van der Waals surface area contributed by atoms with Crippen LogP contribution in [0.25, 0.3) is 0 Å². The summed E-state index contributed by atoms with van der Waals surface area (Å²) in [6, 6.07) is 5.02. The van der Waals surface area contributed by atoms with E-state index in [2.05, 4.69) is 0 Å². The number of rotatable bonds is 7. The molecule has 0 aliphatic carbocycles. The van der Waals surface area contributed by atoms with E-state index < -0.39 is 6.04 Å². The van der Waals surface area contributed by atoms with Crippen molar-refractivity contribution in [2.75, 3.05) is 13.7 Å². The van der Waals surface area contributed by atoms with Gasteiger partial charge in [-0.15, -0.1) is 12.4 Å². The highest BCUT2D eigenvalue weighted by atomic mass is 35.5. The van der Waals surface area contributed by atoms with Gasteiger partial charge in [0.05, 0.1) is 26.2 Å². The Bertz CT molecular complexity index is 451. The van der Waals surface area contributed by atoms with Gasteiger partial charge in [0.2, 0.25) is 0 Å². The van der Waals surface area contributed by atoms with E-state index in [1.165, 1.54) is 0 Å². The minimum atomic E-state index is -0.420. The fraction of sp³-hybridized carbons (Fsp3) is 0.533. The lowest BCUT2D eigenvalue weighted by Gasteiger charge is -2.17. The normalized spacial score (nSPS) is 11.5. The second-order valence-electron chi connectivity index (χ2n) is 4.69. The molecule has 0 fully saturated rings. The van der Waals surface area contributed by atoms with Gasteiger partial charge in [-0.3, -0.25) is 4.79 Å². The van der Waals surface area contributed by atoms with Gasteiger partial charge in [-0.05, 0) is 38.5 Å². The molecule has 1 unspecified atom stereocenters. The Hall–Kier alpha value is -1.46. The van der Waals surface area contributed by atoms with E-state index in [1.54, 1.807) is 26.2 Å². The predicted molar refractivity (Wildman–Crippen MR) is 84.2 cm³/mol. The van der Waals surface area contributed by atoms with Crippen LogP contribution in [0.3, 0.4) is 0 Å². The number of methoxy groups -OCH3 is 1. The van der Waals surface area contributed by atoms with Crippen molar-refractivity contribution in [2.24, 2.45) is 5.73 Å². The molecule has 0 saturated carbocycles. The highest BCUT2D eigenvalue weighted by Crippen LogP contribution is 2.31. The lowest BCUT2D eigenvalue weighted by atomic mass is 10.0. The molecule has 0 saturated heterocycles. The van der Waals surface area contributed by atoms with Gasteiger partial charge in [-0.25, -0.2) is 0 Å². The molecule has 1 aromatic carbocycles. The number of carbonyl (C=O) groups excluding carboxylic acids is 1. The van der Waals surface area contributed by atoms with Crippen LogP contribution < -0.4 is 15.2 Å². The molecule has 0 radical (unpaired) electrons. The van der Waals surface area contributed by atoms with E-state index in [0.29, 0.717) is 18.1 Å². The predicted octanol–water partition coefficient (Wildman–Crippen LogP) is 2.86. The molecule has 1 aromatic rings. The lowest BCUT2D eigenvalue weighted by molar-refractivity contribution is -0.143. The molecule has 6 heteroatoms. The number of carbonyl (C=O) groups is 1. The van der Waals surface area contributed by atoms with Crippen molar-refractivity contribution in [1.82, 2.24) is 0 Å². The summed E-state index contributed by atoms with van der Waals surface area (Å²) in [5, 5.41) is 0. The van der Waals surface area contributed by atoms with Crippen molar-refractivity contribution >= 4 is 18.4 Å². The summed E-state index contributed by atoms with van der Waals surface area (Å²) in [7, 11) is 1.57. The van der Waals surface area contributed by atoms with Crippen molar-refractivity contribution in [3.05, 3.63) is 23.8 Å². The zero-order valence-corrected chi connectivity index (χ0v) is 13.7. The van der Waals surface area contributed by atoms with Crippen molar-refractivity contribution < 1.29 is 19.0 Å². The fourth-order valence-corrected chi connectivity index (χ4v) is 1.78. The SMILES string of the molecule is CCOC(=O)CC(N)c1ccc(OC(C)C)c(OC)c1.Cl. The molecule has 0 bridgehead atoms. The molecule has 120 valence electrons. The Morgan fingerprint density at radius 3 is 2.48 bits per heavy atom. The summed E-state index contributed by atoms with van der Waals surface area (Å²) in [5.74, 6) is 0.964. The quantitative estimate of drug-likeness (QED) is 0.783. The second-order valence-corrected chi connectivity index (χ2v) is 4.69. The summed E-state index contributed by atoms with van der Waals surface area (Å²) in [6.07, 6.45) is 0.199. The number of ether oxygens (including phenoxy) is 3. The number of hydrogen-bond donors (Lipinski definition) is 1. The number of esters is 1. The van der Waals surface area contributed by atoms with Gasteiger partial charge in [-0.1, -0.05) is 6.07 Å². The zero-order valence-electron chi connectivity index (χ0n) is 12.9. The Morgan fingerprint density at radius 2 is 1.95 bits per heavy atom. The number of halogens is 1. The first kappa shape index (κ1) is 19.5. The average Bonchev–Trinajstić information content (AvgIpc) is 2.38. The zero-order chi connectivity index (χ0) is 15.1. The molecule has 21 heavy (non-hydrogen) atoms. The first-order valence-electron chi connectivity index (χ1n) is 6.73. The molecule has 5 nitrogen and oxygen atoms in total. The standard InChI is InChI=1S/C15H23NO4.ClH/c1-5-19-15(17)9-12(16)11-6-7-13(20-10(2)3)14(8-11)18-4;/h6-8,10,12H,5,9,16H2,1-4H3;1H. The van der Waals surface area contributed by atoms with E-state index in [4.69, 9.17) is 19.9 Å². The van der Waals surface area contributed by atoms with Crippen molar-refractivity contribution in [2.45, 2.75) is 39.3 Å². The van der Waals surface area contributed by atoms with Gasteiger partial charge in [-0.2, -0.15) is 0 Å². The maximum absolute atomic E-state index is 11.4. The van der Waals surface area contributed by atoms with Crippen LogP contribution in [0.15, 0.2) is 18.2 Å². The van der Waals surface area contributed by atoms with Gasteiger partial charge < -0.3 is 19.9 Å². The van der Waals surface area contributed by atoms with E-state index in [-0.39, 0.29) is 30.9 Å². The molecule has 1 atom stereocenters. The van der Waals surface area contributed by atoms with Crippen molar-refractivity contribution in [3.8, 4) is 11.5 Å². The van der Waals surface area contributed by atoms with E-state index in [9.17, 15) is 4.79 Å². The van der Waals surface area contributed by atoms with E-state index >= 15 is 0 Å². The second kappa shape index (κ2) is 9.47. The molecule has 2 N–H and O–H groups in total. The fourth-order valence-electron chi connectivity index (χ4n) is 1.78. The highest BCUT2D eigenvalue weighted by Gasteiger charge is 2.15. The van der Waals surface area contributed by atoms with Crippen LogP contribution in [0.5, 0.6) is 11.5 Å². The first-order valence-corrected chi connectivity index (χ1v) is 6.73. The van der Waals surface area contributed by atoms with Crippen LogP contribution in [0.1, 0.15) is 38.8 Å². The molecule has 0 aromatic heterocycles. The maximum Gasteiger partial charge on any atom is 0.307 e. The monoisotopic (exact) mass is 317 g/mol. The van der Waals surface area contributed by atoms with Gasteiger partial charge in [0.15, 0.2) is 11.5 Å². The third kappa shape index (κ3) is 6.23. The van der Waals surface area contributed by atoms with Crippen molar-refractivity contribution in [3.63, 3.8) is 0 Å². The van der Waals surface area contributed by atoms with Crippen LogP contribution >= 0.6 is 12.4 Å². The largest absolute Gasteiger partial charge is 0.493 e. The van der Waals surface area contributed by atoms with E-state index in [1.807, 2.05) is 19.9 Å². The summed E-state index contributed by atoms with van der Waals surface area (Å²) < 4.78 is 15.8. The number of hydrogen-bond acceptors (Lipinski definition) is 5. The number of benzene rings is 1. The van der Waals surface area contributed by atoms with Crippen molar-refractivity contribution in [1.29, 1.82) is 0 Å².